The fraction of sp³-hybridized carbons (Fsp3) is 0.647. The van der Waals surface area contributed by atoms with Crippen molar-refractivity contribution in [2.24, 2.45) is 5.92 Å². The van der Waals surface area contributed by atoms with Crippen LogP contribution in [0.25, 0.3) is 0 Å². The van der Waals surface area contributed by atoms with Gasteiger partial charge in [0.15, 0.2) is 0 Å². The lowest BCUT2D eigenvalue weighted by Gasteiger charge is -2.38. The van der Waals surface area contributed by atoms with E-state index >= 15 is 0 Å². The fourth-order valence-corrected chi connectivity index (χ4v) is 3.35. The molecule has 0 amide bonds. The van der Waals surface area contributed by atoms with E-state index in [0.29, 0.717) is 6.04 Å². The van der Waals surface area contributed by atoms with Crippen LogP contribution >= 0.6 is 15.9 Å². The van der Waals surface area contributed by atoms with E-state index in [1.54, 1.807) is 0 Å². The Morgan fingerprint density at radius 3 is 2.38 bits per heavy atom. The normalized spacial score (nSPS) is 18.3. The molecule has 1 N–H and O–H groups in total. The third-order valence-corrected chi connectivity index (χ3v) is 4.72. The van der Waals surface area contributed by atoms with Crippen LogP contribution in [0.2, 0.25) is 0 Å². The zero-order chi connectivity index (χ0) is 15.4. The molecule has 1 aliphatic rings. The van der Waals surface area contributed by atoms with E-state index in [0.717, 1.165) is 36.6 Å². The largest absolute Gasteiger partial charge is 0.369 e. The van der Waals surface area contributed by atoms with Gasteiger partial charge in [0, 0.05) is 48.9 Å². The predicted molar refractivity (Wildman–Crippen MR) is 95.1 cm³/mol. The van der Waals surface area contributed by atoms with Crippen molar-refractivity contribution in [3.8, 4) is 0 Å². The van der Waals surface area contributed by atoms with Gasteiger partial charge in [0.2, 0.25) is 0 Å². The van der Waals surface area contributed by atoms with Crippen molar-refractivity contribution in [2.75, 3.05) is 44.7 Å². The Balaban J connectivity index is 2.10. The van der Waals surface area contributed by atoms with Crippen LogP contribution in [0.4, 0.5) is 5.69 Å². The maximum Gasteiger partial charge on any atom is 0.0426 e. The number of hydrogen-bond donors (Lipinski definition) is 1. The molecule has 3 nitrogen and oxygen atoms in total. The summed E-state index contributed by atoms with van der Waals surface area (Å²) in [6.45, 7) is 12.6. The summed E-state index contributed by atoms with van der Waals surface area (Å²) in [7, 11) is 2.02. The van der Waals surface area contributed by atoms with Crippen LogP contribution in [0, 0.1) is 5.92 Å². The Bertz CT molecular complexity index is 453. The van der Waals surface area contributed by atoms with Gasteiger partial charge in [-0.2, -0.15) is 0 Å². The molecule has 0 aliphatic carbocycles. The Hall–Kier alpha value is -0.580. The number of nitrogens with one attached hydrogen (secondary N) is 1. The lowest BCUT2D eigenvalue weighted by atomic mass is 10.0. The van der Waals surface area contributed by atoms with E-state index in [1.807, 2.05) is 7.05 Å². The number of halogens is 1. The van der Waals surface area contributed by atoms with Crippen molar-refractivity contribution in [3.63, 3.8) is 0 Å². The topological polar surface area (TPSA) is 18.5 Å². The molecule has 21 heavy (non-hydrogen) atoms. The minimum Gasteiger partial charge on any atom is -0.369 e. The Labute approximate surface area is 137 Å². The molecule has 1 unspecified atom stereocenters. The summed E-state index contributed by atoms with van der Waals surface area (Å²) in [4.78, 5) is 5.12. The van der Waals surface area contributed by atoms with E-state index in [-0.39, 0.29) is 0 Å². The van der Waals surface area contributed by atoms with Crippen molar-refractivity contribution >= 4 is 21.6 Å². The van der Waals surface area contributed by atoms with Gasteiger partial charge >= 0.3 is 0 Å². The molecule has 1 aromatic carbocycles. The number of rotatable bonds is 5. The van der Waals surface area contributed by atoms with Crippen LogP contribution in [0.5, 0.6) is 0 Å². The van der Waals surface area contributed by atoms with Crippen molar-refractivity contribution in [1.82, 2.24) is 10.2 Å². The quantitative estimate of drug-likeness (QED) is 0.873. The predicted octanol–water partition coefficient (Wildman–Crippen LogP) is 3.51. The van der Waals surface area contributed by atoms with Gasteiger partial charge in [-0.15, -0.1) is 0 Å². The summed E-state index contributed by atoms with van der Waals surface area (Å²) in [5.41, 5.74) is 2.76. The van der Waals surface area contributed by atoms with Crippen LogP contribution in [-0.2, 0) is 0 Å². The molecular formula is C17H28BrN3. The van der Waals surface area contributed by atoms with Gasteiger partial charge in [-0.05, 0) is 37.6 Å². The second kappa shape index (κ2) is 7.61. The molecule has 1 saturated heterocycles. The molecule has 1 heterocycles. The molecule has 1 aromatic rings. The summed E-state index contributed by atoms with van der Waals surface area (Å²) in [6, 6.07) is 7.02. The molecule has 0 saturated carbocycles. The lowest BCUT2D eigenvalue weighted by molar-refractivity contribution is 0.231. The van der Waals surface area contributed by atoms with Gasteiger partial charge in [-0.1, -0.05) is 35.8 Å². The number of benzene rings is 1. The highest BCUT2D eigenvalue weighted by molar-refractivity contribution is 9.10. The second-order valence-electron chi connectivity index (χ2n) is 6.40. The van der Waals surface area contributed by atoms with Gasteiger partial charge in [0.25, 0.3) is 0 Å². The Kier molecular flexibility index (Phi) is 6.08. The zero-order valence-corrected chi connectivity index (χ0v) is 15.3. The summed E-state index contributed by atoms with van der Waals surface area (Å²) in [6.07, 6.45) is 0. The lowest BCUT2D eigenvalue weighted by Crippen LogP contribution is -2.47. The third-order valence-electron chi connectivity index (χ3n) is 4.23. The maximum atomic E-state index is 3.62. The molecule has 2 rings (SSSR count). The van der Waals surface area contributed by atoms with Gasteiger partial charge < -0.3 is 10.2 Å². The van der Waals surface area contributed by atoms with Crippen molar-refractivity contribution in [2.45, 2.75) is 26.8 Å². The summed E-state index contributed by atoms with van der Waals surface area (Å²) in [5.74, 6) is 0.752. The first-order valence-electron chi connectivity index (χ1n) is 7.95. The first kappa shape index (κ1) is 16.8. The molecule has 0 bridgehead atoms. The number of piperazine rings is 1. The molecule has 1 fully saturated rings. The van der Waals surface area contributed by atoms with Gasteiger partial charge in [0.1, 0.15) is 0 Å². The molecule has 1 atom stereocenters. The highest BCUT2D eigenvalue weighted by Crippen LogP contribution is 2.30. The van der Waals surface area contributed by atoms with E-state index in [4.69, 9.17) is 0 Å². The van der Waals surface area contributed by atoms with E-state index in [2.05, 4.69) is 70.0 Å². The van der Waals surface area contributed by atoms with E-state index in [9.17, 15) is 0 Å². The molecule has 1 aliphatic heterocycles. The molecule has 4 heteroatoms. The zero-order valence-electron chi connectivity index (χ0n) is 13.7. The SMILES string of the molecule is CNC(C)c1ccc(Br)cc1N1CCN(CC(C)C)CC1. The number of nitrogens with zero attached hydrogens (tertiary/aromatic N) is 2. The van der Waals surface area contributed by atoms with Crippen molar-refractivity contribution in [3.05, 3.63) is 28.2 Å². The minimum absolute atomic E-state index is 0.377. The molecule has 0 radical (unpaired) electrons. The second-order valence-corrected chi connectivity index (χ2v) is 7.31. The van der Waals surface area contributed by atoms with Crippen LogP contribution < -0.4 is 10.2 Å². The summed E-state index contributed by atoms with van der Waals surface area (Å²) in [5, 5.41) is 3.36. The average Bonchev–Trinajstić information content (AvgIpc) is 2.46. The average molecular weight is 354 g/mol. The number of hydrogen-bond acceptors (Lipinski definition) is 3. The van der Waals surface area contributed by atoms with Crippen molar-refractivity contribution < 1.29 is 0 Å². The Morgan fingerprint density at radius 1 is 1.14 bits per heavy atom. The highest BCUT2D eigenvalue weighted by Gasteiger charge is 2.21. The van der Waals surface area contributed by atoms with Gasteiger partial charge in [-0.3, -0.25) is 4.90 Å². The standard InChI is InChI=1S/C17H28BrN3/c1-13(2)12-20-7-9-21(10-8-20)17-11-15(18)5-6-16(17)14(3)19-4/h5-6,11,13-14,19H,7-10,12H2,1-4H3. The van der Waals surface area contributed by atoms with Crippen LogP contribution in [0.3, 0.4) is 0 Å². The molecule has 0 aromatic heterocycles. The molecular weight excluding hydrogens is 326 g/mol. The van der Waals surface area contributed by atoms with E-state index < -0.39 is 0 Å². The van der Waals surface area contributed by atoms with Crippen LogP contribution in [-0.4, -0.2) is 44.7 Å². The third kappa shape index (κ3) is 4.44. The van der Waals surface area contributed by atoms with Crippen LogP contribution in [0.1, 0.15) is 32.4 Å². The monoisotopic (exact) mass is 353 g/mol. The smallest absolute Gasteiger partial charge is 0.0426 e. The molecule has 118 valence electrons. The first-order chi connectivity index (χ1) is 10.0. The highest BCUT2D eigenvalue weighted by atomic mass is 79.9. The fourth-order valence-electron chi connectivity index (χ4n) is 3.00. The van der Waals surface area contributed by atoms with Gasteiger partial charge in [0.05, 0.1) is 0 Å². The van der Waals surface area contributed by atoms with E-state index in [1.165, 1.54) is 17.8 Å². The minimum atomic E-state index is 0.377. The summed E-state index contributed by atoms with van der Waals surface area (Å²) >= 11 is 3.62. The molecule has 0 spiro atoms. The van der Waals surface area contributed by atoms with Gasteiger partial charge in [-0.25, -0.2) is 0 Å². The summed E-state index contributed by atoms with van der Waals surface area (Å²) < 4.78 is 1.16. The van der Waals surface area contributed by atoms with Crippen molar-refractivity contribution in [1.29, 1.82) is 0 Å². The maximum absolute atomic E-state index is 3.62. The number of anilines is 1. The van der Waals surface area contributed by atoms with Crippen LogP contribution in [0.15, 0.2) is 22.7 Å². The Morgan fingerprint density at radius 2 is 1.81 bits per heavy atom. The first-order valence-corrected chi connectivity index (χ1v) is 8.74.